The van der Waals surface area contributed by atoms with Crippen LogP contribution in [0, 0.1) is 11.8 Å². The van der Waals surface area contributed by atoms with Crippen molar-refractivity contribution in [2.24, 2.45) is 16.8 Å². The lowest BCUT2D eigenvalue weighted by Crippen LogP contribution is -2.45. The fraction of sp³-hybridized carbons (Fsp3) is 0.708. The average Bonchev–Trinajstić information content (AvgIpc) is 2.75. The molecule has 1 aliphatic rings. The second-order valence-electron chi connectivity index (χ2n) is 8.53. The van der Waals surface area contributed by atoms with Crippen molar-refractivity contribution >= 4 is 5.96 Å². The van der Waals surface area contributed by atoms with Crippen LogP contribution in [-0.2, 0) is 11.3 Å². The van der Waals surface area contributed by atoms with Gasteiger partial charge in [-0.15, -0.1) is 0 Å². The van der Waals surface area contributed by atoms with Gasteiger partial charge in [-0.25, -0.2) is 4.99 Å². The number of benzene rings is 1. The fourth-order valence-corrected chi connectivity index (χ4v) is 3.84. The Morgan fingerprint density at radius 3 is 2.73 bits per heavy atom. The normalized spacial score (nSPS) is 17.9. The van der Waals surface area contributed by atoms with Crippen molar-refractivity contribution in [3.8, 4) is 5.75 Å². The van der Waals surface area contributed by atoms with Gasteiger partial charge < -0.3 is 25.0 Å². The van der Waals surface area contributed by atoms with Crippen molar-refractivity contribution in [3.05, 3.63) is 29.8 Å². The number of piperidine rings is 1. The highest BCUT2D eigenvalue weighted by atomic mass is 16.5. The molecule has 1 fully saturated rings. The van der Waals surface area contributed by atoms with E-state index in [2.05, 4.69) is 41.5 Å². The van der Waals surface area contributed by atoms with E-state index in [0.29, 0.717) is 12.5 Å². The molecule has 2 N–H and O–H groups in total. The second-order valence-corrected chi connectivity index (χ2v) is 8.53. The zero-order valence-electron chi connectivity index (χ0n) is 19.5. The van der Waals surface area contributed by atoms with E-state index >= 15 is 0 Å². The minimum atomic E-state index is 0.648. The van der Waals surface area contributed by atoms with Crippen LogP contribution in [0.2, 0.25) is 0 Å². The number of likely N-dealkylation sites (tertiary alicyclic amines) is 1. The molecule has 0 aromatic heterocycles. The van der Waals surface area contributed by atoms with Gasteiger partial charge in [0.25, 0.3) is 0 Å². The molecular formula is C24H42N4O2. The van der Waals surface area contributed by atoms with Crippen LogP contribution in [0.25, 0.3) is 0 Å². The van der Waals surface area contributed by atoms with E-state index in [4.69, 9.17) is 14.5 Å². The Hall–Kier alpha value is -1.79. The Morgan fingerprint density at radius 1 is 1.23 bits per heavy atom. The molecule has 1 aliphatic heterocycles. The van der Waals surface area contributed by atoms with Gasteiger partial charge in [-0.2, -0.15) is 0 Å². The predicted octanol–water partition coefficient (Wildman–Crippen LogP) is 3.53. The summed E-state index contributed by atoms with van der Waals surface area (Å²) >= 11 is 0. The van der Waals surface area contributed by atoms with Gasteiger partial charge in [0.2, 0.25) is 0 Å². The van der Waals surface area contributed by atoms with Crippen LogP contribution >= 0.6 is 0 Å². The Morgan fingerprint density at radius 2 is 2.03 bits per heavy atom. The predicted molar refractivity (Wildman–Crippen MR) is 125 cm³/mol. The summed E-state index contributed by atoms with van der Waals surface area (Å²) in [6, 6.07) is 8.11. The van der Waals surface area contributed by atoms with Crippen molar-refractivity contribution in [1.29, 1.82) is 0 Å². The number of hydrogen-bond acceptors (Lipinski definition) is 4. The van der Waals surface area contributed by atoms with Crippen molar-refractivity contribution in [2.75, 3.05) is 53.0 Å². The molecule has 0 bridgehead atoms. The number of rotatable bonds is 12. The smallest absolute Gasteiger partial charge is 0.191 e. The summed E-state index contributed by atoms with van der Waals surface area (Å²) in [5.74, 6) is 3.17. The van der Waals surface area contributed by atoms with Gasteiger partial charge in [0.05, 0.1) is 13.7 Å². The Bertz CT molecular complexity index is 604. The third kappa shape index (κ3) is 9.81. The van der Waals surface area contributed by atoms with Crippen LogP contribution in [0.3, 0.4) is 0 Å². The lowest BCUT2D eigenvalue weighted by molar-refractivity contribution is 0.145. The minimum Gasteiger partial charge on any atom is -0.497 e. The maximum absolute atomic E-state index is 5.45. The molecule has 1 aromatic rings. The summed E-state index contributed by atoms with van der Waals surface area (Å²) in [7, 11) is 1.69. The van der Waals surface area contributed by atoms with Crippen LogP contribution in [0.4, 0.5) is 0 Å². The molecule has 0 saturated carbocycles. The standard InChI is InChI=1S/C24H42N4O2/c1-5-30-15-7-13-25-24(26-16-21-9-11-23(29-4)12-10-21)27-17-22-8-6-14-28(19-22)18-20(2)3/h9-12,20,22H,5-8,13-19H2,1-4H3,(H2,25,26,27). The topological polar surface area (TPSA) is 58.1 Å². The van der Waals surface area contributed by atoms with Gasteiger partial charge >= 0.3 is 0 Å². The molecular weight excluding hydrogens is 376 g/mol. The number of nitrogens with one attached hydrogen (secondary N) is 2. The molecule has 0 aliphatic carbocycles. The summed E-state index contributed by atoms with van der Waals surface area (Å²) in [4.78, 5) is 7.43. The van der Waals surface area contributed by atoms with E-state index in [1.165, 1.54) is 38.0 Å². The number of aliphatic imine (C=N–C) groups is 1. The lowest BCUT2D eigenvalue weighted by Gasteiger charge is -2.34. The summed E-state index contributed by atoms with van der Waals surface area (Å²) < 4.78 is 10.7. The Balaban J connectivity index is 1.87. The first-order valence-electron chi connectivity index (χ1n) is 11.6. The van der Waals surface area contributed by atoms with Crippen molar-refractivity contribution in [3.63, 3.8) is 0 Å². The number of nitrogens with zero attached hydrogens (tertiary/aromatic N) is 2. The van der Waals surface area contributed by atoms with Crippen LogP contribution in [0.5, 0.6) is 5.75 Å². The van der Waals surface area contributed by atoms with E-state index < -0.39 is 0 Å². The first kappa shape index (κ1) is 24.5. The summed E-state index contributed by atoms with van der Waals surface area (Å²) in [5.41, 5.74) is 1.17. The summed E-state index contributed by atoms with van der Waals surface area (Å²) in [6.45, 7) is 14.3. The number of guanidine groups is 1. The molecule has 6 heteroatoms. The maximum Gasteiger partial charge on any atom is 0.191 e. The zero-order valence-corrected chi connectivity index (χ0v) is 19.5. The molecule has 2 rings (SSSR count). The van der Waals surface area contributed by atoms with E-state index in [-0.39, 0.29) is 0 Å². The third-order valence-corrected chi connectivity index (χ3v) is 5.33. The van der Waals surface area contributed by atoms with Crippen molar-refractivity contribution < 1.29 is 9.47 Å². The largest absolute Gasteiger partial charge is 0.497 e. The van der Waals surface area contributed by atoms with Gasteiger partial charge in [-0.1, -0.05) is 26.0 Å². The molecule has 1 atom stereocenters. The molecule has 0 spiro atoms. The zero-order chi connectivity index (χ0) is 21.6. The first-order chi connectivity index (χ1) is 14.6. The van der Waals surface area contributed by atoms with E-state index in [1.807, 2.05) is 19.1 Å². The molecule has 1 unspecified atom stereocenters. The Kier molecular flexibility index (Phi) is 11.6. The second kappa shape index (κ2) is 14.3. The van der Waals surface area contributed by atoms with Gasteiger partial charge in [0.1, 0.15) is 5.75 Å². The molecule has 1 aromatic carbocycles. The van der Waals surface area contributed by atoms with E-state index in [1.54, 1.807) is 7.11 Å². The van der Waals surface area contributed by atoms with E-state index in [0.717, 1.165) is 50.4 Å². The Labute approximate surface area is 183 Å². The lowest BCUT2D eigenvalue weighted by atomic mass is 9.97. The number of methoxy groups -OCH3 is 1. The molecule has 0 radical (unpaired) electrons. The monoisotopic (exact) mass is 418 g/mol. The van der Waals surface area contributed by atoms with Gasteiger partial charge in [-0.3, -0.25) is 0 Å². The van der Waals surface area contributed by atoms with Crippen molar-refractivity contribution in [1.82, 2.24) is 15.5 Å². The summed E-state index contributed by atoms with van der Waals surface area (Å²) in [5, 5.41) is 7.07. The molecule has 170 valence electrons. The summed E-state index contributed by atoms with van der Waals surface area (Å²) in [6.07, 6.45) is 3.56. The highest BCUT2D eigenvalue weighted by Crippen LogP contribution is 2.17. The molecule has 1 saturated heterocycles. The van der Waals surface area contributed by atoms with Gasteiger partial charge in [-0.05, 0) is 62.3 Å². The van der Waals surface area contributed by atoms with Crippen LogP contribution in [-0.4, -0.2) is 63.9 Å². The third-order valence-electron chi connectivity index (χ3n) is 5.33. The molecule has 6 nitrogen and oxygen atoms in total. The highest BCUT2D eigenvalue weighted by molar-refractivity contribution is 5.79. The molecule has 1 heterocycles. The van der Waals surface area contributed by atoms with Crippen LogP contribution in [0.15, 0.2) is 29.3 Å². The average molecular weight is 419 g/mol. The molecule has 30 heavy (non-hydrogen) atoms. The quantitative estimate of drug-likeness (QED) is 0.309. The first-order valence-corrected chi connectivity index (χ1v) is 11.6. The number of hydrogen-bond donors (Lipinski definition) is 2. The van der Waals surface area contributed by atoms with E-state index in [9.17, 15) is 0 Å². The molecule has 0 amide bonds. The van der Waals surface area contributed by atoms with Gasteiger partial charge in [0, 0.05) is 39.4 Å². The number of ether oxygens (including phenoxy) is 2. The van der Waals surface area contributed by atoms with Crippen molar-refractivity contribution in [2.45, 2.75) is 46.6 Å². The highest BCUT2D eigenvalue weighted by Gasteiger charge is 2.20. The SMILES string of the molecule is CCOCCCNC(=NCc1ccc(OC)cc1)NCC1CCCN(CC(C)C)C1. The van der Waals surface area contributed by atoms with Crippen LogP contribution < -0.4 is 15.4 Å². The minimum absolute atomic E-state index is 0.648. The van der Waals surface area contributed by atoms with Gasteiger partial charge in [0.15, 0.2) is 5.96 Å². The fourth-order valence-electron chi connectivity index (χ4n) is 3.84. The van der Waals surface area contributed by atoms with Crippen LogP contribution in [0.1, 0.15) is 45.6 Å². The maximum atomic E-state index is 5.45.